The van der Waals surface area contributed by atoms with E-state index in [0.717, 1.165) is 18.5 Å². The van der Waals surface area contributed by atoms with E-state index < -0.39 is 5.91 Å². The molecule has 0 aliphatic rings. The molecular weight excluding hydrogens is 312 g/mol. The molecule has 3 rings (SSSR count). The van der Waals surface area contributed by atoms with Crippen molar-refractivity contribution in [2.75, 3.05) is 18.5 Å². The van der Waals surface area contributed by atoms with Crippen molar-refractivity contribution < 1.29 is 4.79 Å². The Bertz CT molecular complexity index is 850. The number of primary amides is 1. The highest BCUT2D eigenvalue weighted by molar-refractivity contribution is 5.92. The molecule has 5 heteroatoms. The number of rotatable bonds is 6. The van der Waals surface area contributed by atoms with Crippen LogP contribution in [0.5, 0.6) is 0 Å². The van der Waals surface area contributed by atoms with E-state index in [1.807, 2.05) is 60.5 Å². The summed E-state index contributed by atoms with van der Waals surface area (Å²) in [6.07, 6.45) is 0.863. The molecule has 0 spiro atoms. The van der Waals surface area contributed by atoms with Gasteiger partial charge in [0.05, 0.1) is 5.69 Å². The molecule has 1 amide bonds. The Balaban J connectivity index is 1.86. The minimum atomic E-state index is -0.558. The number of nitrogens with two attached hydrogens (primary N) is 1. The maximum atomic E-state index is 11.7. The van der Waals surface area contributed by atoms with Gasteiger partial charge in [-0.15, -0.1) is 0 Å². The van der Waals surface area contributed by atoms with Crippen LogP contribution in [0.1, 0.15) is 16.1 Å². The van der Waals surface area contributed by atoms with E-state index in [4.69, 9.17) is 5.73 Å². The monoisotopic (exact) mass is 332 g/mol. The van der Waals surface area contributed by atoms with Crippen molar-refractivity contribution >= 4 is 11.9 Å². The molecular formula is C20H20N4O. The van der Waals surface area contributed by atoms with E-state index in [9.17, 15) is 4.79 Å². The lowest BCUT2D eigenvalue weighted by molar-refractivity contribution is 0.0995. The fraction of sp³-hybridized carbons (Fsp3) is 0.150. The molecule has 0 atom stereocenters. The zero-order valence-electron chi connectivity index (χ0n) is 14.1. The minimum Gasteiger partial charge on any atom is -0.364 e. The predicted octanol–water partition coefficient (Wildman–Crippen LogP) is 2.92. The van der Waals surface area contributed by atoms with Gasteiger partial charge in [-0.1, -0.05) is 60.7 Å². The Morgan fingerprint density at radius 3 is 2.28 bits per heavy atom. The number of aromatic nitrogens is 2. The van der Waals surface area contributed by atoms with Crippen LogP contribution in [-0.4, -0.2) is 29.5 Å². The third kappa shape index (κ3) is 4.20. The Morgan fingerprint density at radius 2 is 1.64 bits per heavy atom. The molecule has 0 fully saturated rings. The van der Waals surface area contributed by atoms with Gasteiger partial charge in [0, 0.05) is 19.2 Å². The van der Waals surface area contributed by atoms with Crippen molar-refractivity contribution in [3.8, 4) is 11.3 Å². The highest BCUT2D eigenvalue weighted by Crippen LogP contribution is 2.20. The molecule has 2 aromatic carbocycles. The molecule has 3 aromatic rings. The first-order chi connectivity index (χ1) is 12.1. The predicted molar refractivity (Wildman–Crippen MR) is 99.4 cm³/mol. The molecule has 126 valence electrons. The van der Waals surface area contributed by atoms with Crippen molar-refractivity contribution in [2.45, 2.75) is 6.42 Å². The first kappa shape index (κ1) is 16.6. The lowest BCUT2D eigenvalue weighted by atomic mass is 10.1. The van der Waals surface area contributed by atoms with Crippen molar-refractivity contribution in [3.63, 3.8) is 0 Å². The second kappa shape index (κ2) is 7.57. The van der Waals surface area contributed by atoms with Gasteiger partial charge in [-0.25, -0.2) is 9.97 Å². The van der Waals surface area contributed by atoms with E-state index in [-0.39, 0.29) is 5.69 Å². The number of amides is 1. The number of carbonyl (C=O) groups excluding carboxylic acids is 1. The molecule has 25 heavy (non-hydrogen) atoms. The van der Waals surface area contributed by atoms with Crippen molar-refractivity contribution in [3.05, 3.63) is 78.0 Å². The SMILES string of the molecule is CN(CCc1ccccc1)c1nc(C(N)=O)cc(-c2ccccc2)n1. The number of benzene rings is 2. The third-order valence-corrected chi connectivity index (χ3v) is 3.96. The van der Waals surface area contributed by atoms with Gasteiger partial charge in [-0.2, -0.15) is 0 Å². The smallest absolute Gasteiger partial charge is 0.267 e. The van der Waals surface area contributed by atoms with E-state index in [1.54, 1.807) is 6.07 Å². The first-order valence-corrected chi connectivity index (χ1v) is 8.13. The number of hydrogen-bond donors (Lipinski definition) is 1. The lowest BCUT2D eigenvalue weighted by Gasteiger charge is -2.18. The average molecular weight is 332 g/mol. The highest BCUT2D eigenvalue weighted by Gasteiger charge is 2.13. The minimum absolute atomic E-state index is 0.218. The van der Waals surface area contributed by atoms with Gasteiger partial charge in [-0.3, -0.25) is 4.79 Å². The summed E-state index contributed by atoms with van der Waals surface area (Å²) >= 11 is 0. The van der Waals surface area contributed by atoms with Crippen molar-refractivity contribution in [2.24, 2.45) is 5.73 Å². The van der Waals surface area contributed by atoms with E-state index in [1.165, 1.54) is 5.56 Å². The van der Waals surface area contributed by atoms with Gasteiger partial charge in [0.1, 0.15) is 5.69 Å². The van der Waals surface area contributed by atoms with Crippen molar-refractivity contribution in [1.82, 2.24) is 9.97 Å². The molecule has 0 unspecified atom stereocenters. The average Bonchev–Trinajstić information content (AvgIpc) is 2.67. The van der Waals surface area contributed by atoms with Gasteiger partial charge in [0.15, 0.2) is 0 Å². The molecule has 0 aliphatic carbocycles. The summed E-state index contributed by atoms with van der Waals surface area (Å²) in [4.78, 5) is 22.5. The second-order valence-corrected chi connectivity index (χ2v) is 5.83. The normalized spacial score (nSPS) is 10.4. The molecule has 2 N–H and O–H groups in total. The van der Waals surface area contributed by atoms with Crippen LogP contribution in [-0.2, 0) is 6.42 Å². The third-order valence-electron chi connectivity index (χ3n) is 3.96. The number of hydrogen-bond acceptors (Lipinski definition) is 4. The quantitative estimate of drug-likeness (QED) is 0.753. The number of nitrogens with zero attached hydrogens (tertiary/aromatic N) is 3. The standard InChI is InChI=1S/C20H20N4O/c1-24(13-12-15-8-4-2-5-9-15)20-22-17(14-18(23-20)19(21)25)16-10-6-3-7-11-16/h2-11,14H,12-13H2,1H3,(H2,21,25). The Hall–Kier alpha value is -3.21. The number of likely N-dealkylation sites (N-methyl/N-ethyl adjacent to an activating group) is 1. The summed E-state index contributed by atoms with van der Waals surface area (Å²) in [6, 6.07) is 21.5. The summed E-state index contributed by atoms with van der Waals surface area (Å²) < 4.78 is 0. The summed E-state index contributed by atoms with van der Waals surface area (Å²) in [7, 11) is 1.91. The summed E-state index contributed by atoms with van der Waals surface area (Å²) in [6.45, 7) is 0.737. The highest BCUT2D eigenvalue weighted by atomic mass is 16.1. The first-order valence-electron chi connectivity index (χ1n) is 8.13. The Morgan fingerprint density at radius 1 is 1.00 bits per heavy atom. The molecule has 0 radical (unpaired) electrons. The summed E-state index contributed by atoms with van der Waals surface area (Å²) in [5.74, 6) is -0.0663. The molecule has 0 bridgehead atoms. The number of anilines is 1. The van der Waals surface area contributed by atoms with Crippen molar-refractivity contribution in [1.29, 1.82) is 0 Å². The van der Waals surface area contributed by atoms with E-state index >= 15 is 0 Å². The van der Waals surface area contributed by atoms with E-state index in [2.05, 4.69) is 22.1 Å². The van der Waals surface area contributed by atoms with Crippen LogP contribution in [0, 0.1) is 0 Å². The molecule has 0 aliphatic heterocycles. The topological polar surface area (TPSA) is 72.1 Å². The lowest BCUT2D eigenvalue weighted by Crippen LogP contribution is -2.24. The number of carbonyl (C=O) groups is 1. The summed E-state index contributed by atoms with van der Waals surface area (Å²) in [5, 5.41) is 0. The second-order valence-electron chi connectivity index (χ2n) is 5.83. The Kier molecular flexibility index (Phi) is 5.04. The molecule has 1 aromatic heterocycles. The fourth-order valence-electron chi connectivity index (χ4n) is 2.53. The molecule has 0 saturated carbocycles. The molecule has 5 nitrogen and oxygen atoms in total. The fourth-order valence-corrected chi connectivity index (χ4v) is 2.53. The molecule has 1 heterocycles. The molecule has 0 saturated heterocycles. The van der Waals surface area contributed by atoms with Crippen LogP contribution in [0.25, 0.3) is 11.3 Å². The summed E-state index contributed by atoms with van der Waals surface area (Å²) in [5.41, 5.74) is 8.51. The zero-order valence-corrected chi connectivity index (χ0v) is 14.1. The van der Waals surface area contributed by atoms with Gasteiger partial charge < -0.3 is 10.6 Å². The van der Waals surface area contributed by atoms with Gasteiger partial charge in [0.2, 0.25) is 5.95 Å². The van der Waals surface area contributed by atoms with Crippen LogP contribution >= 0.6 is 0 Å². The largest absolute Gasteiger partial charge is 0.364 e. The maximum absolute atomic E-state index is 11.7. The van der Waals surface area contributed by atoms with Crippen LogP contribution in [0.3, 0.4) is 0 Å². The van der Waals surface area contributed by atoms with E-state index in [0.29, 0.717) is 11.6 Å². The van der Waals surface area contributed by atoms with Gasteiger partial charge in [0.25, 0.3) is 5.91 Å². The van der Waals surface area contributed by atoms with Crippen LogP contribution in [0.2, 0.25) is 0 Å². The zero-order chi connectivity index (χ0) is 17.6. The maximum Gasteiger partial charge on any atom is 0.267 e. The van der Waals surface area contributed by atoms with Gasteiger partial charge >= 0.3 is 0 Å². The van der Waals surface area contributed by atoms with Gasteiger partial charge in [-0.05, 0) is 18.1 Å². The van der Waals surface area contributed by atoms with Crippen LogP contribution in [0.15, 0.2) is 66.7 Å². The Labute approximate surface area is 147 Å². The van der Waals surface area contributed by atoms with Crippen LogP contribution < -0.4 is 10.6 Å². The van der Waals surface area contributed by atoms with Crippen LogP contribution in [0.4, 0.5) is 5.95 Å².